The summed E-state index contributed by atoms with van der Waals surface area (Å²) >= 11 is 3.62. The van der Waals surface area contributed by atoms with E-state index >= 15 is 0 Å². The molecule has 0 saturated carbocycles. The number of aromatic nitrogens is 2. The summed E-state index contributed by atoms with van der Waals surface area (Å²) in [6, 6.07) is 21.2. The zero-order valence-corrected chi connectivity index (χ0v) is 22.3. The van der Waals surface area contributed by atoms with Gasteiger partial charge in [0.1, 0.15) is 23.4 Å². The molecule has 1 aromatic heterocycles. The lowest BCUT2D eigenvalue weighted by atomic mass is 10.0. The van der Waals surface area contributed by atoms with Crippen LogP contribution in [0.15, 0.2) is 94.5 Å². The number of benzene rings is 3. The molecular formula is C30H22BrFN6O. The van der Waals surface area contributed by atoms with Gasteiger partial charge in [-0.05, 0) is 42.0 Å². The molecule has 9 heteroatoms. The third-order valence-corrected chi connectivity index (χ3v) is 7.60. The van der Waals surface area contributed by atoms with Gasteiger partial charge in [-0.2, -0.15) is 5.26 Å². The highest BCUT2D eigenvalue weighted by molar-refractivity contribution is 9.10. The highest BCUT2D eigenvalue weighted by Gasteiger charge is 2.38. The Hall–Kier alpha value is -4.55. The van der Waals surface area contributed by atoms with E-state index < -0.39 is 6.04 Å². The van der Waals surface area contributed by atoms with E-state index in [4.69, 9.17) is 10.3 Å². The maximum absolute atomic E-state index is 14.2. The van der Waals surface area contributed by atoms with Crippen LogP contribution >= 0.6 is 15.9 Å². The van der Waals surface area contributed by atoms with Gasteiger partial charge in [0.25, 0.3) is 0 Å². The molecule has 1 N–H and O–H groups in total. The molecule has 6 rings (SSSR count). The first kappa shape index (κ1) is 24.8. The Balaban J connectivity index is 1.33. The number of carbonyl (C=O) groups excluding carboxylic acids is 1. The van der Waals surface area contributed by atoms with Gasteiger partial charge in [-0.3, -0.25) is 9.79 Å². The van der Waals surface area contributed by atoms with Gasteiger partial charge in [0.05, 0.1) is 30.1 Å². The summed E-state index contributed by atoms with van der Waals surface area (Å²) in [5.74, 6) is 0.337. The van der Waals surface area contributed by atoms with E-state index in [1.54, 1.807) is 36.9 Å². The van der Waals surface area contributed by atoms with Crippen molar-refractivity contribution in [1.29, 1.82) is 5.26 Å². The number of rotatable bonds is 6. The number of halogens is 2. The number of hydrogen-bond donors (Lipinski definition) is 1. The highest BCUT2D eigenvalue weighted by Crippen LogP contribution is 2.37. The van der Waals surface area contributed by atoms with Crippen LogP contribution in [-0.2, 0) is 17.8 Å². The lowest BCUT2D eigenvalue weighted by molar-refractivity contribution is -0.119. The number of ketones is 1. The average molecular weight is 581 g/mol. The van der Waals surface area contributed by atoms with Crippen molar-refractivity contribution in [2.45, 2.75) is 19.0 Å². The van der Waals surface area contributed by atoms with Gasteiger partial charge in [-0.15, -0.1) is 0 Å². The van der Waals surface area contributed by atoms with Crippen molar-refractivity contribution in [2.75, 3.05) is 11.4 Å². The first-order valence-corrected chi connectivity index (χ1v) is 13.2. The Morgan fingerprint density at radius 1 is 1.15 bits per heavy atom. The molecular weight excluding hydrogens is 559 g/mol. The van der Waals surface area contributed by atoms with Gasteiger partial charge in [0.2, 0.25) is 0 Å². The fraction of sp³-hybridized carbons (Fsp3) is 0.133. The number of Topliss-reactive ketones (excluding diaryl/α,β-unsaturated/α-hetero) is 1. The Kier molecular flexibility index (Phi) is 6.55. The summed E-state index contributed by atoms with van der Waals surface area (Å²) in [5, 5.41) is 12.5. The first-order valence-electron chi connectivity index (χ1n) is 12.4. The van der Waals surface area contributed by atoms with Gasteiger partial charge in [-0.1, -0.05) is 46.3 Å². The van der Waals surface area contributed by atoms with Crippen LogP contribution in [0.5, 0.6) is 0 Å². The molecule has 0 amide bonds. The van der Waals surface area contributed by atoms with E-state index in [2.05, 4.69) is 32.3 Å². The predicted octanol–water partition coefficient (Wildman–Crippen LogP) is 5.05. The van der Waals surface area contributed by atoms with Gasteiger partial charge in [-0.25, -0.2) is 9.37 Å². The minimum absolute atomic E-state index is 0.00253. The summed E-state index contributed by atoms with van der Waals surface area (Å²) in [6.07, 6.45) is 5.24. The smallest absolute Gasteiger partial charge is 0.163 e. The molecule has 192 valence electrons. The minimum Gasteiger partial charge on any atom is -0.367 e. The maximum atomic E-state index is 14.2. The number of nitriles is 1. The lowest BCUT2D eigenvalue weighted by Crippen LogP contribution is -2.39. The SMILES string of the molecule is N#Cc1ccc(Cn2cncc2CC(=O)C2CNC3=C(c4ccccc4Br)N=Cc4cc(F)ccc4N32)cc1. The molecule has 1 unspecified atom stereocenters. The minimum atomic E-state index is -0.526. The van der Waals surface area contributed by atoms with Crippen molar-refractivity contribution in [3.8, 4) is 6.07 Å². The molecule has 0 spiro atoms. The Bertz CT molecular complexity index is 1680. The molecule has 2 aliphatic heterocycles. The van der Waals surface area contributed by atoms with Crippen molar-refractivity contribution in [3.63, 3.8) is 0 Å². The van der Waals surface area contributed by atoms with E-state index in [0.29, 0.717) is 41.4 Å². The second-order valence-electron chi connectivity index (χ2n) is 9.37. The molecule has 3 heterocycles. The van der Waals surface area contributed by atoms with Crippen LogP contribution in [0.25, 0.3) is 5.70 Å². The molecule has 1 saturated heterocycles. The number of fused-ring (bicyclic) bond motifs is 3. The van der Waals surface area contributed by atoms with E-state index in [-0.39, 0.29) is 18.0 Å². The quantitative estimate of drug-likeness (QED) is 0.345. The molecule has 0 bridgehead atoms. The normalized spacial score (nSPS) is 15.8. The van der Waals surface area contributed by atoms with Crippen LogP contribution in [-0.4, -0.2) is 34.1 Å². The largest absolute Gasteiger partial charge is 0.367 e. The Morgan fingerprint density at radius 3 is 2.77 bits per heavy atom. The number of anilines is 1. The number of hydrogen-bond acceptors (Lipinski definition) is 6. The van der Waals surface area contributed by atoms with Crippen molar-refractivity contribution in [2.24, 2.45) is 4.99 Å². The summed E-state index contributed by atoms with van der Waals surface area (Å²) in [6.45, 7) is 0.923. The molecule has 0 aliphatic carbocycles. The molecule has 1 fully saturated rings. The lowest BCUT2D eigenvalue weighted by Gasteiger charge is -2.27. The molecule has 4 aromatic rings. The van der Waals surface area contributed by atoms with E-state index in [1.165, 1.54) is 12.1 Å². The first-order chi connectivity index (χ1) is 19.0. The third-order valence-electron chi connectivity index (χ3n) is 6.91. The number of nitrogens with one attached hydrogen (secondary N) is 1. The highest BCUT2D eigenvalue weighted by atomic mass is 79.9. The van der Waals surface area contributed by atoms with Crippen molar-refractivity contribution in [1.82, 2.24) is 14.9 Å². The topological polar surface area (TPSA) is 86.3 Å². The fourth-order valence-electron chi connectivity index (χ4n) is 4.98. The van der Waals surface area contributed by atoms with Gasteiger partial charge < -0.3 is 14.8 Å². The molecule has 3 aromatic carbocycles. The summed E-state index contributed by atoms with van der Waals surface area (Å²) < 4.78 is 17.0. The Labute approximate surface area is 233 Å². The monoisotopic (exact) mass is 580 g/mol. The zero-order valence-electron chi connectivity index (χ0n) is 20.7. The average Bonchev–Trinajstić information content (AvgIpc) is 3.54. The van der Waals surface area contributed by atoms with E-state index in [0.717, 1.165) is 21.3 Å². The molecule has 39 heavy (non-hydrogen) atoms. The van der Waals surface area contributed by atoms with Crippen LogP contribution in [0.2, 0.25) is 0 Å². The van der Waals surface area contributed by atoms with Gasteiger partial charge in [0, 0.05) is 46.8 Å². The second kappa shape index (κ2) is 10.3. The van der Waals surface area contributed by atoms with Crippen LogP contribution < -0.4 is 10.2 Å². The number of aliphatic imine (C=N–C) groups is 1. The molecule has 0 radical (unpaired) electrons. The third kappa shape index (κ3) is 4.75. The van der Waals surface area contributed by atoms with Crippen molar-refractivity contribution in [3.05, 3.63) is 123 Å². The van der Waals surface area contributed by atoms with Crippen molar-refractivity contribution >= 4 is 39.3 Å². The van der Waals surface area contributed by atoms with Crippen molar-refractivity contribution < 1.29 is 9.18 Å². The second-order valence-corrected chi connectivity index (χ2v) is 10.2. The van der Waals surface area contributed by atoms with Crippen LogP contribution in [0.4, 0.5) is 10.1 Å². The summed E-state index contributed by atoms with van der Waals surface area (Å²) in [7, 11) is 0. The predicted molar refractivity (Wildman–Crippen MR) is 151 cm³/mol. The number of imidazole rings is 1. The number of carbonyl (C=O) groups is 1. The molecule has 1 atom stereocenters. The molecule has 2 aliphatic rings. The van der Waals surface area contributed by atoms with Crippen LogP contribution in [0.3, 0.4) is 0 Å². The fourth-order valence-corrected chi connectivity index (χ4v) is 5.45. The zero-order chi connectivity index (χ0) is 26.9. The number of nitrogens with zero attached hydrogens (tertiary/aromatic N) is 5. The van der Waals surface area contributed by atoms with E-state index in [1.807, 2.05) is 45.9 Å². The summed E-state index contributed by atoms with van der Waals surface area (Å²) in [5.41, 5.74) is 5.24. The van der Waals surface area contributed by atoms with Crippen LogP contribution in [0, 0.1) is 17.1 Å². The molecule has 7 nitrogen and oxygen atoms in total. The van der Waals surface area contributed by atoms with Crippen LogP contribution in [0.1, 0.15) is 27.9 Å². The van der Waals surface area contributed by atoms with Gasteiger partial charge >= 0.3 is 0 Å². The Morgan fingerprint density at radius 2 is 1.97 bits per heavy atom. The summed E-state index contributed by atoms with van der Waals surface area (Å²) in [4.78, 5) is 24.8. The standard InChI is InChI=1S/C30H22BrFN6O/c31-25-4-2-1-3-24(25)29-30-36-16-27(38(30)26-10-9-22(32)11-21(26)14-35-29)28(39)12-23-15-34-18-37(23)17-20-7-5-19(13-33)6-8-20/h1-11,14-15,18,27,36H,12,16-17H2. The maximum Gasteiger partial charge on any atom is 0.163 e. The van der Waals surface area contributed by atoms with Gasteiger partial charge in [0.15, 0.2) is 5.78 Å². The van der Waals surface area contributed by atoms with E-state index in [9.17, 15) is 9.18 Å².